The lowest BCUT2D eigenvalue weighted by molar-refractivity contribution is -0.123. The van der Waals surface area contributed by atoms with Crippen molar-refractivity contribution in [1.82, 2.24) is 4.90 Å². The SMILES string of the molecule is C=CCc1cc(/C=C2\SC(=O)N(CCOc3cc(C)ccc3C)C2=O)cc(OCC)c1O. The highest BCUT2D eigenvalue weighted by Gasteiger charge is 2.35. The molecular weight excluding hydrogens is 426 g/mol. The number of phenolic OH excluding ortho intramolecular Hbond substituents is 1. The van der Waals surface area contributed by atoms with Crippen LogP contribution >= 0.6 is 11.8 Å². The van der Waals surface area contributed by atoms with Crippen LogP contribution in [0.4, 0.5) is 4.79 Å². The van der Waals surface area contributed by atoms with E-state index in [4.69, 9.17) is 9.47 Å². The third kappa shape index (κ3) is 5.34. The molecule has 2 amide bonds. The van der Waals surface area contributed by atoms with Crippen LogP contribution in [0.15, 0.2) is 47.9 Å². The fraction of sp³-hybridized carbons (Fsp3) is 0.280. The van der Waals surface area contributed by atoms with E-state index >= 15 is 0 Å². The Labute approximate surface area is 192 Å². The Morgan fingerprint density at radius 2 is 1.91 bits per heavy atom. The molecular formula is C25H27NO5S. The highest BCUT2D eigenvalue weighted by molar-refractivity contribution is 8.18. The molecule has 6 nitrogen and oxygen atoms in total. The Morgan fingerprint density at radius 1 is 1.12 bits per heavy atom. The predicted octanol–water partition coefficient (Wildman–Crippen LogP) is 5.25. The molecule has 0 unspecified atom stereocenters. The number of thioether (sulfide) groups is 1. The van der Waals surface area contributed by atoms with Crippen molar-refractivity contribution in [2.24, 2.45) is 0 Å². The average Bonchev–Trinajstić information content (AvgIpc) is 3.01. The molecule has 0 bridgehead atoms. The van der Waals surface area contributed by atoms with Gasteiger partial charge in [-0.05, 0) is 79.9 Å². The van der Waals surface area contributed by atoms with Crippen molar-refractivity contribution in [3.05, 3.63) is 70.1 Å². The summed E-state index contributed by atoms with van der Waals surface area (Å²) in [5, 5.41) is 10.0. The highest BCUT2D eigenvalue weighted by Crippen LogP contribution is 2.36. The van der Waals surface area contributed by atoms with Crippen LogP contribution in [0.25, 0.3) is 6.08 Å². The Balaban J connectivity index is 1.75. The number of aromatic hydroxyl groups is 1. The number of aryl methyl sites for hydroxylation is 2. The molecule has 0 radical (unpaired) electrons. The van der Waals surface area contributed by atoms with Gasteiger partial charge < -0.3 is 14.6 Å². The fourth-order valence-electron chi connectivity index (χ4n) is 3.30. The number of nitrogens with zero attached hydrogens (tertiary/aromatic N) is 1. The standard InChI is InChI=1S/C25H27NO5S/c1-5-7-19-13-18(14-21(23(19)27)30-6-2)15-22-24(28)26(25(29)32-22)10-11-31-20-12-16(3)8-9-17(20)4/h5,8-9,12-15,27H,1,6-7,10-11H2,2-4H3/b22-15-. The molecule has 1 heterocycles. The molecule has 0 spiro atoms. The van der Waals surface area contributed by atoms with E-state index in [0.717, 1.165) is 28.6 Å². The number of phenols is 1. The first kappa shape index (κ1) is 23.5. The van der Waals surface area contributed by atoms with Crippen LogP contribution in [-0.2, 0) is 11.2 Å². The quantitative estimate of drug-likeness (QED) is 0.413. The van der Waals surface area contributed by atoms with Gasteiger partial charge in [0.15, 0.2) is 11.5 Å². The summed E-state index contributed by atoms with van der Waals surface area (Å²) in [4.78, 5) is 26.8. The zero-order chi connectivity index (χ0) is 23.3. The van der Waals surface area contributed by atoms with Gasteiger partial charge in [-0.2, -0.15) is 0 Å². The van der Waals surface area contributed by atoms with Gasteiger partial charge >= 0.3 is 0 Å². The molecule has 1 fully saturated rings. The molecule has 0 atom stereocenters. The molecule has 0 aromatic heterocycles. The lowest BCUT2D eigenvalue weighted by atomic mass is 10.1. The molecule has 1 N–H and O–H groups in total. The van der Waals surface area contributed by atoms with E-state index in [1.165, 1.54) is 4.90 Å². The lowest BCUT2D eigenvalue weighted by Crippen LogP contribution is -2.32. The van der Waals surface area contributed by atoms with E-state index in [9.17, 15) is 14.7 Å². The van der Waals surface area contributed by atoms with Gasteiger partial charge in [0.05, 0.1) is 18.1 Å². The van der Waals surface area contributed by atoms with E-state index < -0.39 is 0 Å². The number of allylic oxidation sites excluding steroid dienone is 1. The Hall–Kier alpha value is -3.19. The number of benzene rings is 2. The maximum Gasteiger partial charge on any atom is 0.293 e. The molecule has 1 saturated heterocycles. The van der Waals surface area contributed by atoms with E-state index in [2.05, 4.69) is 6.58 Å². The predicted molar refractivity (Wildman–Crippen MR) is 127 cm³/mol. The molecule has 1 aliphatic rings. The van der Waals surface area contributed by atoms with Gasteiger partial charge in [0, 0.05) is 5.56 Å². The van der Waals surface area contributed by atoms with Crippen LogP contribution in [0, 0.1) is 13.8 Å². The zero-order valence-electron chi connectivity index (χ0n) is 18.5. The largest absolute Gasteiger partial charge is 0.504 e. The topological polar surface area (TPSA) is 76.1 Å². The summed E-state index contributed by atoms with van der Waals surface area (Å²) in [6.07, 6.45) is 3.77. The van der Waals surface area contributed by atoms with Crippen LogP contribution in [0.1, 0.15) is 29.2 Å². The van der Waals surface area contributed by atoms with Gasteiger partial charge in [0.25, 0.3) is 11.1 Å². The number of rotatable bonds is 9. The molecule has 2 aromatic carbocycles. The first-order chi connectivity index (χ1) is 15.3. The summed E-state index contributed by atoms with van der Waals surface area (Å²) in [6, 6.07) is 9.33. The molecule has 0 saturated carbocycles. The molecule has 32 heavy (non-hydrogen) atoms. The maximum absolute atomic E-state index is 12.8. The Bertz CT molecular complexity index is 1080. The third-order valence-corrected chi connectivity index (χ3v) is 5.84. The second-order valence-electron chi connectivity index (χ2n) is 7.40. The van der Waals surface area contributed by atoms with E-state index in [1.54, 1.807) is 24.3 Å². The van der Waals surface area contributed by atoms with E-state index in [-0.39, 0.29) is 30.0 Å². The van der Waals surface area contributed by atoms with Gasteiger partial charge in [-0.3, -0.25) is 14.5 Å². The summed E-state index contributed by atoms with van der Waals surface area (Å²) >= 11 is 0.891. The number of carbonyl (C=O) groups is 2. The zero-order valence-corrected chi connectivity index (χ0v) is 19.3. The van der Waals surface area contributed by atoms with Crippen molar-refractivity contribution >= 4 is 29.0 Å². The van der Waals surface area contributed by atoms with Crippen LogP contribution in [0.2, 0.25) is 0 Å². The summed E-state index contributed by atoms with van der Waals surface area (Å²) in [5.74, 6) is 0.774. The van der Waals surface area contributed by atoms with Crippen molar-refractivity contribution in [3.8, 4) is 17.2 Å². The number of amides is 2. The molecule has 0 aliphatic carbocycles. The van der Waals surface area contributed by atoms with Crippen molar-refractivity contribution < 1.29 is 24.2 Å². The summed E-state index contributed by atoms with van der Waals surface area (Å²) in [7, 11) is 0. The number of ether oxygens (including phenoxy) is 2. The monoisotopic (exact) mass is 453 g/mol. The van der Waals surface area contributed by atoms with Crippen LogP contribution < -0.4 is 9.47 Å². The molecule has 168 valence electrons. The second-order valence-corrected chi connectivity index (χ2v) is 8.40. The van der Waals surface area contributed by atoms with Crippen molar-refractivity contribution in [3.63, 3.8) is 0 Å². The Morgan fingerprint density at radius 3 is 2.62 bits per heavy atom. The van der Waals surface area contributed by atoms with Crippen LogP contribution in [-0.4, -0.2) is 40.9 Å². The minimum Gasteiger partial charge on any atom is -0.504 e. The van der Waals surface area contributed by atoms with Crippen molar-refractivity contribution in [2.75, 3.05) is 19.8 Å². The van der Waals surface area contributed by atoms with Gasteiger partial charge in [-0.1, -0.05) is 18.2 Å². The smallest absolute Gasteiger partial charge is 0.293 e. The number of hydrogen-bond donors (Lipinski definition) is 1. The van der Waals surface area contributed by atoms with Gasteiger partial charge in [0.2, 0.25) is 0 Å². The minimum absolute atomic E-state index is 0.0561. The average molecular weight is 454 g/mol. The normalized spacial score (nSPS) is 14.8. The van der Waals surface area contributed by atoms with Gasteiger partial charge in [0.1, 0.15) is 12.4 Å². The van der Waals surface area contributed by atoms with E-state index in [1.807, 2.05) is 39.0 Å². The minimum atomic E-state index is -0.360. The van der Waals surface area contributed by atoms with Crippen LogP contribution in [0.5, 0.6) is 17.2 Å². The van der Waals surface area contributed by atoms with Crippen molar-refractivity contribution in [1.29, 1.82) is 0 Å². The number of carbonyl (C=O) groups excluding carboxylic acids is 2. The first-order valence-electron chi connectivity index (χ1n) is 10.4. The number of imide groups is 1. The number of hydrogen-bond acceptors (Lipinski definition) is 6. The molecule has 1 aliphatic heterocycles. The first-order valence-corrected chi connectivity index (χ1v) is 11.2. The van der Waals surface area contributed by atoms with E-state index in [0.29, 0.717) is 34.8 Å². The molecule has 2 aromatic rings. The summed E-state index contributed by atoms with van der Waals surface area (Å²) in [5.41, 5.74) is 3.38. The lowest BCUT2D eigenvalue weighted by Gasteiger charge is -2.14. The fourth-order valence-corrected chi connectivity index (χ4v) is 4.17. The summed E-state index contributed by atoms with van der Waals surface area (Å²) in [6.45, 7) is 10.2. The third-order valence-electron chi connectivity index (χ3n) is 4.93. The Kier molecular flexibility index (Phi) is 7.64. The maximum atomic E-state index is 12.8. The van der Waals surface area contributed by atoms with Gasteiger partial charge in [-0.25, -0.2) is 0 Å². The van der Waals surface area contributed by atoms with Crippen molar-refractivity contribution in [2.45, 2.75) is 27.2 Å². The summed E-state index contributed by atoms with van der Waals surface area (Å²) < 4.78 is 11.3. The van der Waals surface area contributed by atoms with Crippen LogP contribution in [0.3, 0.4) is 0 Å². The second kappa shape index (κ2) is 10.4. The molecule has 3 rings (SSSR count). The van der Waals surface area contributed by atoms with Gasteiger partial charge in [-0.15, -0.1) is 6.58 Å². The molecule has 7 heteroatoms. The highest BCUT2D eigenvalue weighted by atomic mass is 32.2.